The number of nitrogens with one attached hydrogen (secondary N) is 1. The maximum absolute atomic E-state index is 13.4. The molecule has 2 aliphatic heterocycles. The number of hydrogen-bond donors (Lipinski definition) is 1. The van der Waals surface area contributed by atoms with E-state index in [1.54, 1.807) is 0 Å². The summed E-state index contributed by atoms with van der Waals surface area (Å²) in [6.07, 6.45) is 4.43. The van der Waals surface area contributed by atoms with Gasteiger partial charge in [-0.05, 0) is 68.0 Å². The molecule has 0 aliphatic carbocycles. The Morgan fingerprint density at radius 3 is 2.16 bits per heavy atom. The fraction of sp³-hybridized carbons (Fsp3) is 0.375. The molecule has 5 rings (SSSR count). The highest BCUT2D eigenvalue weighted by molar-refractivity contribution is 5.97. The van der Waals surface area contributed by atoms with Gasteiger partial charge in [0.15, 0.2) is 0 Å². The first-order chi connectivity index (χ1) is 18.1. The lowest BCUT2D eigenvalue weighted by Crippen LogP contribution is -2.49. The number of carbonyl (C=O) groups is 2. The normalized spacial score (nSPS) is 18.5. The Hall–Kier alpha value is -3.44. The van der Waals surface area contributed by atoms with Gasteiger partial charge in [-0.1, -0.05) is 60.7 Å². The molecule has 2 fully saturated rings. The fourth-order valence-corrected chi connectivity index (χ4v) is 5.75. The summed E-state index contributed by atoms with van der Waals surface area (Å²) in [5, 5.41) is 3.79. The van der Waals surface area contributed by atoms with E-state index in [1.807, 2.05) is 34.1 Å². The summed E-state index contributed by atoms with van der Waals surface area (Å²) >= 11 is 0. The Morgan fingerprint density at radius 1 is 0.865 bits per heavy atom. The number of hydrogen-bond acceptors (Lipinski definition) is 3. The molecule has 0 bridgehead atoms. The molecule has 3 aromatic carbocycles. The van der Waals surface area contributed by atoms with E-state index in [0.717, 1.165) is 57.5 Å². The summed E-state index contributed by atoms with van der Waals surface area (Å²) in [6.45, 7) is 5.29. The lowest BCUT2D eigenvalue weighted by molar-refractivity contribution is -0.119. The largest absolute Gasteiger partial charge is 0.339 e. The van der Waals surface area contributed by atoms with E-state index in [9.17, 15) is 9.59 Å². The molecule has 37 heavy (non-hydrogen) atoms. The topological polar surface area (TPSA) is 52.7 Å². The first-order valence-corrected chi connectivity index (χ1v) is 13.6. The Morgan fingerprint density at radius 2 is 1.51 bits per heavy atom. The van der Waals surface area contributed by atoms with Crippen molar-refractivity contribution >= 4 is 17.5 Å². The van der Waals surface area contributed by atoms with Gasteiger partial charge in [0.2, 0.25) is 5.91 Å². The summed E-state index contributed by atoms with van der Waals surface area (Å²) in [4.78, 5) is 29.5. The van der Waals surface area contributed by atoms with Crippen LogP contribution in [0.15, 0.2) is 84.9 Å². The molecule has 5 heteroatoms. The monoisotopic (exact) mass is 495 g/mol. The quantitative estimate of drug-likeness (QED) is 0.456. The molecule has 2 heterocycles. The molecule has 0 saturated carbocycles. The summed E-state index contributed by atoms with van der Waals surface area (Å²) in [6, 6.07) is 29.2. The van der Waals surface area contributed by atoms with Gasteiger partial charge in [-0.15, -0.1) is 0 Å². The number of benzene rings is 3. The summed E-state index contributed by atoms with van der Waals surface area (Å²) in [7, 11) is 0. The molecule has 1 atom stereocenters. The molecule has 3 aromatic rings. The highest BCUT2D eigenvalue weighted by atomic mass is 16.2. The van der Waals surface area contributed by atoms with Crippen LogP contribution < -0.4 is 10.2 Å². The van der Waals surface area contributed by atoms with Crippen LogP contribution in [0.25, 0.3) is 0 Å². The average Bonchev–Trinajstić information content (AvgIpc) is 2.97. The van der Waals surface area contributed by atoms with Gasteiger partial charge in [0.05, 0.1) is 0 Å². The lowest BCUT2D eigenvalue weighted by atomic mass is 9.72. The molecule has 5 nitrogen and oxygen atoms in total. The smallest absolute Gasteiger partial charge is 0.253 e. The van der Waals surface area contributed by atoms with Crippen molar-refractivity contribution in [3.05, 3.63) is 102 Å². The molecule has 2 aliphatic rings. The Kier molecular flexibility index (Phi) is 7.71. The molecule has 192 valence electrons. The standard InChI is InChI=1S/C32H37N3O2/c1-25(26-10-4-2-5-11-26)33-24-32(28-12-6-3-7-13-28)19-22-34(23-20-32)31(37)27-15-17-29(18-16-27)35-21-9-8-14-30(35)36/h2-7,10-13,15-18,25,33H,8-9,14,19-24H2,1H3. The molecular weight excluding hydrogens is 458 g/mol. The Labute approximate surface area is 220 Å². The molecule has 2 amide bonds. The fourth-order valence-electron chi connectivity index (χ4n) is 5.75. The second-order valence-corrected chi connectivity index (χ2v) is 10.5. The molecule has 1 N–H and O–H groups in total. The van der Waals surface area contributed by atoms with Gasteiger partial charge in [0, 0.05) is 55.3 Å². The third-order valence-corrected chi connectivity index (χ3v) is 8.19. The van der Waals surface area contributed by atoms with Crippen LogP contribution in [0.1, 0.15) is 66.6 Å². The van der Waals surface area contributed by atoms with Gasteiger partial charge < -0.3 is 15.1 Å². The molecule has 1 unspecified atom stereocenters. The maximum Gasteiger partial charge on any atom is 0.253 e. The van der Waals surface area contributed by atoms with Crippen molar-refractivity contribution in [3.8, 4) is 0 Å². The second-order valence-electron chi connectivity index (χ2n) is 10.5. The summed E-state index contributed by atoms with van der Waals surface area (Å²) in [5.41, 5.74) is 4.19. The van der Waals surface area contributed by atoms with Crippen molar-refractivity contribution in [1.82, 2.24) is 10.2 Å². The SMILES string of the molecule is CC(NCC1(c2ccccc2)CCN(C(=O)c2ccc(N3CCCCC3=O)cc2)CC1)c1ccccc1. The van der Waals surface area contributed by atoms with E-state index in [2.05, 4.69) is 72.9 Å². The maximum atomic E-state index is 13.4. The predicted octanol–water partition coefficient (Wildman–Crippen LogP) is 5.73. The van der Waals surface area contributed by atoms with Crippen LogP contribution in [0.4, 0.5) is 5.69 Å². The molecule has 2 saturated heterocycles. The zero-order valence-electron chi connectivity index (χ0n) is 21.7. The number of likely N-dealkylation sites (tertiary alicyclic amines) is 1. The molecule has 0 radical (unpaired) electrons. The first kappa shape index (κ1) is 25.2. The summed E-state index contributed by atoms with van der Waals surface area (Å²) < 4.78 is 0. The average molecular weight is 496 g/mol. The van der Waals surface area contributed by atoms with E-state index in [-0.39, 0.29) is 23.3 Å². The van der Waals surface area contributed by atoms with Gasteiger partial charge in [0.25, 0.3) is 5.91 Å². The highest BCUT2D eigenvalue weighted by Crippen LogP contribution is 2.36. The van der Waals surface area contributed by atoms with Gasteiger partial charge >= 0.3 is 0 Å². The van der Waals surface area contributed by atoms with Crippen LogP contribution in [0.2, 0.25) is 0 Å². The lowest BCUT2D eigenvalue weighted by Gasteiger charge is -2.43. The van der Waals surface area contributed by atoms with Crippen LogP contribution in [-0.4, -0.2) is 42.9 Å². The number of amides is 2. The van der Waals surface area contributed by atoms with Gasteiger partial charge in [-0.2, -0.15) is 0 Å². The highest BCUT2D eigenvalue weighted by Gasteiger charge is 2.37. The minimum Gasteiger partial charge on any atom is -0.339 e. The minimum atomic E-state index is -0.0143. The molecule has 0 spiro atoms. The Balaban J connectivity index is 1.26. The van der Waals surface area contributed by atoms with E-state index < -0.39 is 0 Å². The number of rotatable bonds is 7. The predicted molar refractivity (Wildman–Crippen MR) is 149 cm³/mol. The number of carbonyl (C=O) groups excluding carboxylic acids is 2. The first-order valence-electron chi connectivity index (χ1n) is 13.6. The van der Waals surface area contributed by atoms with Crippen LogP contribution in [-0.2, 0) is 10.2 Å². The molecular formula is C32H37N3O2. The zero-order chi connectivity index (χ0) is 25.7. The third-order valence-electron chi connectivity index (χ3n) is 8.19. The van der Waals surface area contributed by atoms with Gasteiger partial charge in [-0.3, -0.25) is 9.59 Å². The van der Waals surface area contributed by atoms with E-state index in [4.69, 9.17) is 0 Å². The minimum absolute atomic E-state index is 0.0143. The Bertz CT molecular complexity index is 1190. The van der Waals surface area contributed by atoms with Crippen molar-refractivity contribution in [1.29, 1.82) is 0 Å². The number of nitrogens with zero attached hydrogens (tertiary/aromatic N) is 2. The van der Waals surface area contributed by atoms with Crippen LogP contribution >= 0.6 is 0 Å². The van der Waals surface area contributed by atoms with E-state index >= 15 is 0 Å². The van der Waals surface area contributed by atoms with Gasteiger partial charge in [-0.25, -0.2) is 0 Å². The molecule has 0 aromatic heterocycles. The van der Waals surface area contributed by atoms with Crippen molar-refractivity contribution in [3.63, 3.8) is 0 Å². The van der Waals surface area contributed by atoms with Crippen molar-refractivity contribution < 1.29 is 9.59 Å². The van der Waals surface area contributed by atoms with Crippen molar-refractivity contribution in [2.24, 2.45) is 0 Å². The number of piperidine rings is 2. The van der Waals surface area contributed by atoms with Crippen LogP contribution in [0, 0.1) is 0 Å². The second kappa shape index (κ2) is 11.3. The zero-order valence-corrected chi connectivity index (χ0v) is 21.7. The van der Waals surface area contributed by atoms with Crippen molar-refractivity contribution in [2.45, 2.75) is 50.5 Å². The van der Waals surface area contributed by atoms with Gasteiger partial charge in [0.1, 0.15) is 0 Å². The van der Waals surface area contributed by atoms with Crippen molar-refractivity contribution in [2.75, 3.05) is 31.1 Å². The van der Waals surface area contributed by atoms with Crippen LogP contribution in [0.5, 0.6) is 0 Å². The summed E-state index contributed by atoms with van der Waals surface area (Å²) in [5.74, 6) is 0.248. The third kappa shape index (κ3) is 5.62. The van der Waals surface area contributed by atoms with E-state index in [0.29, 0.717) is 12.0 Å². The number of anilines is 1. The van der Waals surface area contributed by atoms with Crippen LogP contribution in [0.3, 0.4) is 0 Å². The van der Waals surface area contributed by atoms with E-state index in [1.165, 1.54) is 11.1 Å².